The van der Waals surface area contributed by atoms with Crippen molar-refractivity contribution in [3.8, 4) is 12.1 Å². The van der Waals surface area contributed by atoms with E-state index in [0.717, 1.165) is 0 Å². The summed E-state index contributed by atoms with van der Waals surface area (Å²) in [4.78, 5) is 15.0. The highest BCUT2D eigenvalue weighted by molar-refractivity contribution is 6.10. The molecule has 100 valence electrons. The first kappa shape index (κ1) is 13.4. The fourth-order valence-corrected chi connectivity index (χ4v) is 1.63. The van der Waals surface area contributed by atoms with Crippen LogP contribution >= 0.6 is 0 Å². The number of oxazole rings is 1. The number of aliphatic imine (C=N–C) groups is 1. The Morgan fingerprint density at radius 1 is 1.40 bits per heavy atom. The maximum absolute atomic E-state index is 12.6. The molecule has 0 amide bonds. The van der Waals surface area contributed by atoms with E-state index in [0.29, 0.717) is 5.56 Å². The smallest absolute Gasteiger partial charge is 0.408 e. The highest BCUT2D eigenvalue weighted by Crippen LogP contribution is 2.20. The highest BCUT2D eigenvalue weighted by Gasteiger charge is 2.16. The first-order chi connectivity index (χ1) is 9.56. The lowest BCUT2D eigenvalue weighted by Gasteiger charge is -2.00. The SMILES string of the molecule is N#CC(C#N)=NCc1ccc2c(c1)oc(=O)n2C(F)F. The summed E-state index contributed by atoms with van der Waals surface area (Å²) in [5.74, 6) is -1.15. The molecule has 1 aromatic heterocycles. The van der Waals surface area contributed by atoms with E-state index in [-0.39, 0.29) is 27.9 Å². The van der Waals surface area contributed by atoms with Crippen LogP contribution < -0.4 is 5.76 Å². The number of nitriles is 2. The lowest BCUT2D eigenvalue weighted by atomic mass is 10.2. The van der Waals surface area contributed by atoms with Crippen LogP contribution in [0.4, 0.5) is 8.78 Å². The third kappa shape index (κ3) is 2.40. The number of halogens is 2. The molecule has 0 N–H and O–H groups in total. The molecule has 0 atom stereocenters. The summed E-state index contributed by atoms with van der Waals surface area (Å²) >= 11 is 0. The molecule has 0 aliphatic heterocycles. The van der Waals surface area contributed by atoms with E-state index < -0.39 is 12.3 Å². The molecule has 0 unspecified atom stereocenters. The number of hydrogen-bond acceptors (Lipinski definition) is 5. The number of nitrogens with zero attached hydrogens (tertiary/aromatic N) is 4. The molecule has 0 aliphatic carbocycles. The number of fused-ring (bicyclic) bond motifs is 1. The standard InChI is InChI=1S/C12H6F2N4O2/c13-11(14)18-9-2-1-7(3-10(9)20-12(18)19)6-17-8(4-15)5-16/h1-3,11H,6H2. The molecule has 6 nitrogen and oxygen atoms in total. The van der Waals surface area contributed by atoms with Crippen molar-refractivity contribution in [1.29, 1.82) is 10.5 Å². The molecule has 0 bridgehead atoms. The zero-order valence-corrected chi connectivity index (χ0v) is 9.88. The first-order valence-electron chi connectivity index (χ1n) is 5.33. The largest absolute Gasteiger partial charge is 0.424 e. The summed E-state index contributed by atoms with van der Waals surface area (Å²) < 4.78 is 30.2. The fourth-order valence-electron chi connectivity index (χ4n) is 1.63. The number of alkyl halides is 2. The van der Waals surface area contributed by atoms with Gasteiger partial charge in [0.2, 0.25) is 5.71 Å². The molecular formula is C12H6F2N4O2. The third-order valence-electron chi connectivity index (χ3n) is 2.50. The molecule has 0 fully saturated rings. The summed E-state index contributed by atoms with van der Waals surface area (Å²) in [5, 5.41) is 17.1. The van der Waals surface area contributed by atoms with Crippen molar-refractivity contribution in [3.05, 3.63) is 34.3 Å². The van der Waals surface area contributed by atoms with Crippen LogP contribution in [0.5, 0.6) is 0 Å². The zero-order chi connectivity index (χ0) is 14.7. The molecular weight excluding hydrogens is 270 g/mol. The van der Waals surface area contributed by atoms with Crippen molar-refractivity contribution in [1.82, 2.24) is 4.57 Å². The Morgan fingerprint density at radius 2 is 2.10 bits per heavy atom. The van der Waals surface area contributed by atoms with E-state index in [1.165, 1.54) is 18.2 Å². The molecule has 1 heterocycles. The van der Waals surface area contributed by atoms with Crippen molar-refractivity contribution in [3.63, 3.8) is 0 Å². The second kappa shape index (κ2) is 5.33. The van der Waals surface area contributed by atoms with Crippen LogP contribution in [0.1, 0.15) is 12.1 Å². The lowest BCUT2D eigenvalue weighted by Crippen LogP contribution is -2.14. The topological polar surface area (TPSA) is 95.1 Å². The molecule has 0 saturated carbocycles. The summed E-state index contributed by atoms with van der Waals surface area (Å²) in [6.45, 7) is -2.98. The fraction of sp³-hybridized carbons (Fsp3) is 0.167. The molecule has 0 aliphatic rings. The molecule has 20 heavy (non-hydrogen) atoms. The average molecular weight is 276 g/mol. The molecule has 0 saturated heterocycles. The predicted molar refractivity (Wildman–Crippen MR) is 64.1 cm³/mol. The Hall–Kier alpha value is -3.00. The monoisotopic (exact) mass is 276 g/mol. The Bertz CT molecular complexity index is 805. The van der Waals surface area contributed by atoms with E-state index >= 15 is 0 Å². The van der Waals surface area contributed by atoms with Gasteiger partial charge in [-0.15, -0.1) is 0 Å². The van der Waals surface area contributed by atoms with E-state index in [1.807, 2.05) is 0 Å². The van der Waals surface area contributed by atoms with Crippen LogP contribution in [0.2, 0.25) is 0 Å². The van der Waals surface area contributed by atoms with Gasteiger partial charge in [0.15, 0.2) is 5.58 Å². The highest BCUT2D eigenvalue weighted by atomic mass is 19.3. The van der Waals surface area contributed by atoms with Gasteiger partial charge < -0.3 is 4.42 Å². The van der Waals surface area contributed by atoms with Crippen molar-refractivity contribution >= 4 is 16.8 Å². The lowest BCUT2D eigenvalue weighted by molar-refractivity contribution is 0.0670. The second-order valence-corrected chi connectivity index (χ2v) is 3.71. The minimum absolute atomic E-state index is 0.00142. The molecule has 8 heteroatoms. The summed E-state index contributed by atoms with van der Waals surface area (Å²) in [7, 11) is 0. The van der Waals surface area contributed by atoms with Crippen LogP contribution in [0.15, 0.2) is 32.4 Å². The van der Waals surface area contributed by atoms with Gasteiger partial charge in [-0.25, -0.2) is 9.36 Å². The number of hydrogen-bond donors (Lipinski definition) is 0. The van der Waals surface area contributed by atoms with E-state index in [2.05, 4.69) is 4.99 Å². The zero-order valence-electron chi connectivity index (χ0n) is 9.88. The van der Waals surface area contributed by atoms with Gasteiger partial charge in [0.05, 0.1) is 12.1 Å². The maximum atomic E-state index is 12.6. The van der Waals surface area contributed by atoms with Gasteiger partial charge in [-0.05, 0) is 17.7 Å². The van der Waals surface area contributed by atoms with Gasteiger partial charge in [-0.1, -0.05) is 6.07 Å². The quantitative estimate of drug-likeness (QED) is 0.801. The van der Waals surface area contributed by atoms with Gasteiger partial charge in [-0.3, -0.25) is 4.99 Å². The van der Waals surface area contributed by atoms with Crippen LogP contribution in [0.3, 0.4) is 0 Å². The summed E-state index contributed by atoms with van der Waals surface area (Å²) in [5.41, 5.74) is 0.198. The number of rotatable bonds is 3. The third-order valence-corrected chi connectivity index (χ3v) is 2.50. The maximum Gasteiger partial charge on any atom is 0.424 e. The van der Waals surface area contributed by atoms with Gasteiger partial charge >= 0.3 is 12.3 Å². The molecule has 0 radical (unpaired) electrons. The van der Waals surface area contributed by atoms with E-state index in [4.69, 9.17) is 14.9 Å². The van der Waals surface area contributed by atoms with Gasteiger partial charge in [-0.2, -0.15) is 19.3 Å². The molecule has 0 spiro atoms. The van der Waals surface area contributed by atoms with Crippen LogP contribution in [0.25, 0.3) is 11.1 Å². The van der Waals surface area contributed by atoms with E-state index in [9.17, 15) is 13.6 Å². The van der Waals surface area contributed by atoms with Crippen molar-refractivity contribution in [2.24, 2.45) is 4.99 Å². The van der Waals surface area contributed by atoms with Crippen LogP contribution in [-0.4, -0.2) is 10.3 Å². The molecule has 2 rings (SSSR count). The minimum Gasteiger partial charge on any atom is -0.408 e. The molecule has 1 aromatic carbocycles. The minimum atomic E-state index is -2.99. The number of benzene rings is 1. The van der Waals surface area contributed by atoms with Gasteiger partial charge in [0.1, 0.15) is 12.1 Å². The van der Waals surface area contributed by atoms with Gasteiger partial charge in [0.25, 0.3) is 0 Å². The number of aromatic nitrogens is 1. The molecule has 2 aromatic rings. The van der Waals surface area contributed by atoms with Crippen LogP contribution in [-0.2, 0) is 6.54 Å². The normalized spacial score (nSPS) is 10.2. The van der Waals surface area contributed by atoms with Crippen molar-refractivity contribution < 1.29 is 13.2 Å². The summed E-state index contributed by atoms with van der Waals surface area (Å²) in [6, 6.07) is 7.33. The van der Waals surface area contributed by atoms with Crippen LogP contribution in [0, 0.1) is 22.7 Å². The Labute approximate surface area is 110 Å². The Kier molecular flexibility index (Phi) is 3.58. The summed E-state index contributed by atoms with van der Waals surface area (Å²) in [6.07, 6.45) is 0. The van der Waals surface area contributed by atoms with E-state index in [1.54, 1.807) is 12.1 Å². The second-order valence-electron chi connectivity index (χ2n) is 3.71. The average Bonchev–Trinajstić information content (AvgIpc) is 2.75. The Balaban J connectivity index is 2.42. The Morgan fingerprint density at radius 3 is 2.70 bits per heavy atom. The predicted octanol–water partition coefficient (Wildman–Crippen LogP) is 1.98. The van der Waals surface area contributed by atoms with Crippen molar-refractivity contribution in [2.75, 3.05) is 0 Å². The van der Waals surface area contributed by atoms with Gasteiger partial charge in [0, 0.05) is 0 Å². The van der Waals surface area contributed by atoms with Crippen molar-refractivity contribution in [2.45, 2.75) is 13.1 Å². The first-order valence-corrected chi connectivity index (χ1v) is 5.33.